The summed E-state index contributed by atoms with van der Waals surface area (Å²) in [6, 6.07) is 9.20. The van der Waals surface area contributed by atoms with Crippen LogP contribution in [0.15, 0.2) is 53.2 Å². The van der Waals surface area contributed by atoms with Crippen molar-refractivity contribution in [3.8, 4) is 28.6 Å². The summed E-state index contributed by atoms with van der Waals surface area (Å²) in [6.45, 7) is 0.543. The second-order valence-corrected chi connectivity index (χ2v) is 7.58. The Balaban J connectivity index is 1.71. The van der Waals surface area contributed by atoms with E-state index in [9.17, 15) is 31.1 Å². The maximum Gasteiger partial charge on any atom is 0.425 e. The van der Waals surface area contributed by atoms with Gasteiger partial charge in [-0.25, -0.2) is 0 Å². The molecule has 0 fully saturated rings. The predicted octanol–water partition coefficient (Wildman–Crippen LogP) is 5.19. The third kappa shape index (κ3) is 4.93. The van der Waals surface area contributed by atoms with E-state index in [1.54, 1.807) is 35.0 Å². The highest BCUT2D eigenvalue weighted by molar-refractivity contribution is 5.94. The van der Waals surface area contributed by atoms with E-state index in [4.69, 9.17) is 10.3 Å². The molecule has 0 spiro atoms. The van der Waals surface area contributed by atoms with Crippen molar-refractivity contribution < 1.29 is 40.4 Å². The Morgan fingerprint density at radius 3 is 2.54 bits per heavy atom. The van der Waals surface area contributed by atoms with Crippen LogP contribution >= 0.6 is 0 Å². The number of nitrogens with zero attached hydrogens (tertiary/aromatic N) is 3. The smallest absolute Gasteiger partial charge is 0.425 e. The fourth-order valence-corrected chi connectivity index (χ4v) is 3.42. The number of rotatable bonds is 6. The van der Waals surface area contributed by atoms with E-state index < -0.39 is 35.7 Å². The lowest BCUT2D eigenvalue weighted by Crippen LogP contribution is -2.31. The zero-order valence-electron chi connectivity index (χ0n) is 17.8. The van der Waals surface area contributed by atoms with Gasteiger partial charge in [-0.1, -0.05) is 17.3 Å². The summed E-state index contributed by atoms with van der Waals surface area (Å²) in [5.41, 5.74) is 4.79. The molecule has 0 aliphatic carbocycles. The second-order valence-electron chi connectivity index (χ2n) is 7.58. The normalized spacial score (nSPS) is 13.2. The van der Waals surface area contributed by atoms with Crippen LogP contribution in [0.4, 0.5) is 26.3 Å². The van der Waals surface area contributed by atoms with Crippen LogP contribution < -0.4 is 10.5 Å². The number of hydrogen-bond acceptors (Lipinski definition) is 5. The minimum Gasteiger partial charge on any atom is -0.481 e. The molecular formula is C22H16F6N4O3. The van der Waals surface area contributed by atoms with Gasteiger partial charge in [0.2, 0.25) is 11.7 Å². The van der Waals surface area contributed by atoms with Gasteiger partial charge >= 0.3 is 12.4 Å². The van der Waals surface area contributed by atoms with E-state index in [2.05, 4.69) is 14.9 Å². The van der Waals surface area contributed by atoms with Gasteiger partial charge in [-0.05, 0) is 37.3 Å². The van der Waals surface area contributed by atoms with Gasteiger partial charge in [-0.3, -0.25) is 4.79 Å². The largest absolute Gasteiger partial charge is 0.481 e. The van der Waals surface area contributed by atoms with Gasteiger partial charge < -0.3 is 19.6 Å². The number of halogens is 6. The van der Waals surface area contributed by atoms with Crippen molar-refractivity contribution in [2.24, 2.45) is 5.73 Å². The summed E-state index contributed by atoms with van der Waals surface area (Å²) in [4.78, 5) is 15.4. The molecular weight excluding hydrogens is 482 g/mol. The number of nitrogens with two attached hydrogens (primary N) is 1. The van der Waals surface area contributed by atoms with Gasteiger partial charge in [0.1, 0.15) is 12.3 Å². The first-order chi connectivity index (χ1) is 16.3. The van der Waals surface area contributed by atoms with Crippen LogP contribution in [0.25, 0.3) is 33.7 Å². The number of carbonyl (C=O) groups is 1. The molecule has 2 aromatic carbocycles. The Morgan fingerprint density at radius 1 is 1.14 bits per heavy atom. The average molecular weight is 498 g/mol. The molecule has 1 atom stereocenters. The molecule has 0 unspecified atom stereocenters. The first-order valence-corrected chi connectivity index (χ1v) is 10.00. The Kier molecular flexibility index (Phi) is 5.95. The summed E-state index contributed by atoms with van der Waals surface area (Å²) < 4.78 is 90.3. The molecule has 0 radical (unpaired) electrons. The van der Waals surface area contributed by atoms with Gasteiger partial charge in [-0.15, -0.1) is 0 Å². The van der Waals surface area contributed by atoms with Crippen LogP contribution in [0.2, 0.25) is 0 Å². The van der Waals surface area contributed by atoms with Crippen molar-refractivity contribution >= 4 is 16.8 Å². The molecule has 2 aromatic heterocycles. The van der Waals surface area contributed by atoms with E-state index in [-0.39, 0.29) is 23.8 Å². The first kappa shape index (κ1) is 24.1. The molecule has 0 bridgehead atoms. The molecule has 7 nitrogen and oxygen atoms in total. The zero-order valence-corrected chi connectivity index (χ0v) is 17.8. The highest BCUT2D eigenvalue weighted by Gasteiger charge is 2.41. The van der Waals surface area contributed by atoms with Crippen LogP contribution in [-0.2, 0) is 17.5 Å². The number of primary amides is 1. The highest BCUT2D eigenvalue weighted by Crippen LogP contribution is 2.40. The molecule has 2 N–H and O–H groups in total. The van der Waals surface area contributed by atoms with Crippen LogP contribution in [0.1, 0.15) is 12.5 Å². The number of ether oxygens (including phenoxy) is 1. The highest BCUT2D eigenvalue weighted by atomic mass is 19.4. The summed E-state index contributed by atoms with van der Waals surface area (Å²) in [5.74, 6) is -1.75. The number of aromatic nitrogens is 3. The summed E-state index contributed by atoms with van der Waals surface area (Å²) >= 11 is 0. The monoisotopic (exact) mass is 498 g/mol. The molecule has 4 aromatic rings. The van der Waals surface area contributed by atoms with Crippen molar-refractivity contribution in [3.63, 3.8) is 0 Å². The number of alkyl halides is 6. The molecule has 0 aliphatic rings. The summed E-state index contributed by atoms with van der Waals surface area (Å²) in [7, 11) is 0. The minimum absolute atomic E-state index is 0.0574. The standard InChI is InChI=1S/C22H16F6N4O3/c1-11(21(23,24)25)34-17-6-5-12(9-15(17)22(26,27)28)20-30-19(31-35-20)14-3-2-4-16-13(14)7-8-32(16)10-18(29)33/h2-9,11H,10H2,1H3,(H2,29,33)/t11-/m1/s1. The van der Waals surface area contributed by atoms with Crippen molar-refractivity contribution in [1.29, 1.82) is 0 Å². The minimum atomic E-state index is -5.01. The molecule has 4 rings (SSSR count). The van der Waals surface area contributed by atoms with Crippen molar-refractivity contribution in [2.75, 3.05) is 0 Å². The Labute approximate surface area is 193 Å². The number of fused-ring (bicyclic) bond motifs is 1. The van der Waals surface area contributed by atoms with Crippen molar-refractivity contribution in [3.05, 3.63) is 54.2 Å². The number of hydrogen-bond donors (Lipinski definition) is 1. The third-order valence-electron chi connectivity index (χ3n) is 5.10. The number of amides is 1. The van der Waals surface area contributed by atoms with E-state index >= 15 is 0 Å². The van der Waals surface area contributed by atoms with Gasteiger partial charge in [0, 0.05) is 28.2 Å². The average Bonchev–Trinajstić information content (AvgIpc) is 3.40. The van der Waals surface area contributed by atoms with E-state index in [0.717, 1.165) is 12.1 Å². The number of benzene rings is 2. The Bertz CT molecular complexity index is 1390. The summed E-state index contributed by atoms with van der Waals surface area (Å²) in [6.07, 6.45) is -10.7. The van der Waals surface area contributed by atoms with Crippen LogP contribution in [-0.4, -0.2) is 32.9 Å². The van der Waals surface area contributed by atoms with Gasteiger partial charge in [0.15, 0.2) is 6.10 Å². The van der Waals surface area contributed by atoms with Gasteiger partial charge in [-0.2, -0.15) is 31.3 Å². The van der Waals surface area contributed by atoms with E-state index in [0.29, 0.717) is 29.5 Å². The Hall–Kier alpha value is -4.03. The fraction of sp³-hybridized carbons (Fsp3) is 0.227. The molecule has 2 heterocycles. The van der Waals surface area contributed by atoms with Crippen LogP contribution in [0.5, 0.6) is 5.75 Å². The molecule has 0 saturated carbocycles. The van der Waals surface area contributed by atoms with Crippen LogP contribution in [0, 0.1) is 0 Å². The molecule has 184 valence electrons. The zero-order chi connectivity index (χ0) is 25.5. The van der Waals surface area contributed by atoms with Crippen molar-refractivity contribution in [2.45, 2.75) is 31.9 Å². The topological polar surface area (TPSA) is 96.2 Å². The maximum atomic E-state index is 13.6. The Morgan fingerprint density at radius 2 is 1.89 bits per heavy atom. The van der Waals surface area contributed by atoms with Crippen LogP contribution in [0.3, 0.4) is 0 Å². The van der Waals surface area contributed by atoms with Gasteiger partial charge in [0.05, 0.1) is 5.56 Å². The lowest BCUT2D eigenvalue weighted by Gasteiger charge is -2.20. The quantitative estimate of drug-likeness (QED) is 0.369. The SMILES string of the molecule is C[C@@H](Oc1ccc(-c2nc(-c3cccc4c3ccn4CC(N)=O)no2)cc1C(F)(F)F)C(F)(F)F. The van der Waals surface area contributed by atoms with Crippen molar-refractivity contribution in [1.82, 2.24) is 14.7 Å². The summed E-state index contributed by atoms with van der Waals surface area (Å²) in [5, 5.41) is 4.47. The van der Waals surface area contributed by atoms with E-state index in [1.807, 2.05) is 0 Å². The predicted molar refractivity (Wildman–Crippen MR) is 111 cm³/mol. The first-order valence-electron chi connectivity index (χ1n) is 10.00. The molecule has 13 heteroatoms. The lowest BCUT2D eigenvalue weighted by atomic mass is 10.1. The second kappa shape index (κ2) is 8.64. The fourth-order valence-electron chi connectivity index (χ4n) is 3.42. The molecule has 0 aliphatic heterocycles. The van der Waals surface area contributed by atoms with Gasteiger partial charge in [0.25, 0.3) is 5.89 Å². The number of carbonyl (C=O) groups excluding carboxylic acids is 1. The lowest BCUT2D eigenvalue weighted by molar-refractivity contribution is -0.191. The molecule has 35 heavy (non-hydrogen) atoms. The van der Waals surface area contributed by atoms with E-state index in [1.165, 1.54) is 0 Å². The maximum absolute atomic E-state index is 13.6. The molecule has 0 saturated heterocycles. The molecule has 1 amide bonds. The third-order valence-corrected chi connectivity index (χ3v) is 5.10.